The number of nitrogens with one attached hydrogen (secondary N) is 2. The van der Waals surface area contributed by atoms with Crippen molar-refractivity contribution >= 4 is 54.6 Å². The lowest BCUT2D eigenvalue weighted by Crippen LogP contribution is -2.38. The molecule has 1 amide bonds. The number of hydrogen-bond acceptors (Lipinski definition) is 6. The van der Waals surface area contributed by atoms with E-state index in [0.29, 0.717) is 11.4 Å². The van der Waals surface area contributed by atoms with E-state index in [-0.39, 0.29) is 26.2 Å². The van der Waals surface area contributed by atoms with Gasteiger partial charge in [-0.1, -0.05) is 41.4 Å². The summed E-state index contributed by atoms with van der Waals surface area (Å²) in [7, 11) is -6.60. The van der Waals surface area contributed by atoms with Crippen molar-refractivity contribution in [2.75, 3.05) is 28.0 Å². The molecule has 0 unspecified atom stereocenters. The summed E-state index contributed by atoms with van der Waals surface area (Å²) in [6, 6.07) is 23.1. The van der Waals surface area contributed by atoms with Gasteiger partial charge in [0.05, 0.1) is 27.6 Å². The molecule has 0 aliphatic carbocycles. The molecule has 0 heterocycles. The van der Waals surface area contributed by atoms with E-state index < -0.39 is 32.5 Å². The van der Waals surface area contributed by atoms with Crippen molar-refractivity contribution in [2.24, 2.45) is 0 Å². The van der Waals surface area contributed by atoms with E-state index >= 15 is 0 Å². The highest BCUT2D eigenvalue weighted by Crippen LogP contribution is 2.32. The minimum Gasteiger partial charge on any atom is -0.495 e. The fraction of sp³-hybridized carbons (Fsp3) is 0.138. The van der Waals surface area contributed by atoms with E-state index in [2.05, 4.69) is 10.0 Å². The van der Waals surface area contributed by atoms with Crippen molar-refractivity contribution in [3.8, 4) is 5.75 Å². The van der Waals surface area contributed by atoms with Crippen molar-refractivity contribution in [3.63, 3.8) is 0 Å². The summed E-state index contributed by atoms with van der Waals surface area (Å²) >= 11 is 6.27. The molecule has 0 radical (unpaired) electrons. The SMILES string of the molecule is COc1ccc(N(CC(=O)Nc2ccc(S(=O)(=O)Nc3cccc(C)c3)cc2)S(=O)(=O)c2ccc(C)cc2)cc1Cl. The number of carbonyl (C=O) groups is 1. The Hall–Kier alpha value is -4.06. The number of carbonyl (C=O) groups excluding carboxylic acids is 1. The maximum absolute atomic E-state index is 13.6. The number of rotatable bonds is 10. The molecule has 0 saturated carbocycles. The number of aryl methyl sites for hydroxylation is 2. The minimum atomic E-state index is -4.17. The van der Waals surface area contributed by atoms with E-state index in [1.165, 1.54) is 61.7 Å². The van der Waals surface area contributed by atoms with Crippen LogP contribution >= 0.6 is 11.6 Å². The molecule has 0 spiro atoms. The Labute approximate surface area is 244 Å². The Morgan fingerprint density at radius 3 is 2.07 bits per heavy atom. The predicted molar refractivity (Wildman–Crippen MR) is 161 cm³/mol. The van der Waals surface area contributed by atoms with Crippen LogP contribution in [-0.4, -0.2) is 36.4 Å². The van der Waals surface area contributed by atoms with Crippen LogP contribution in [0.15, 0.2) is 101 Å². The summed E-state index contributed by atoms with van der Waals surface area (Å²) in [6.07, 6.45) is 0. The van der Waals surface area contributed by atoms with Crippen molar-refractivity contribution < 1.29 is 26.4 Å². The Morgan fingerprint density at radius 1 is 0.805 bits per heavy atom. The number of methoxy groups -OCH3 is 1. The normalized spacial score (nSPS) is 11.5. The topological polar surface area (TPSA) is 122 Å². The molecule has 4 aromatic rings. The molecule has 0 aromatic heterocycles. The molecule has 9 nitrogen and oxygen atoms in total. The largest absolute Gasteiger partial charge is 0.495 e. The summed E-state index contributed by atoms with van der Waals surface area (Å²) in [5, 5.41) is 2.80. The van der Waals surface area contributed by atoms with Gasteiger partial charge in [0, 0.05) is 11.4 Å². The average molecular weight is 614 g/mol. The zero-order valence-electron chi connectivity index (χ0n) is 22.5. The summed E-state index contributed by atoms with van der Waals surface area (Å²) in [6.45, 7) is 3.11. The molecule has 4 rings (SSSR count). The first-order valence-corrected chi connectivity index (χ1v) is 15.6. The molecule has 0 aliphatic heterocycles. The number of sulfonamides is 2. The van der Waals surface area contributed by atoms with Crippen LogP contribution < -0.4 is 19.1 Å². The first-order valence-electron chi connectivity index (χ1n) is 12.3. The van der Waals surface area contributed by atoms with Gasteiger partial charge in [0.25, 0.3) is 20.0 Å². The van der Waals surface area contributed by atoms with Gasteiger partial charge >= 0.3 is 0 Å². The van der Waals surface area contributed by atoms with E-state index in [4.69, 9.17) is 16.3 Å². The zero-order chi connectivity index (χ0) is 29.8. The maximum atomic E-state index is 13.6. The number of amides is 1. The highest BCUT2D eigenvalue weighted by molar-refractivity contribution is 7.93. The van der Waals surface area contributed by atoms with Crippen LogP contribution in [0.25, 0.3) is 0 Å². The second-order valence-electron chi connectivity index (χ2n) is 9.19. The summed E-state index contributed by atoms with van der Waals surface area (Å²) in [4.78, 5) is 13.1. The fourth-order valence-electron chi connectivity index (χ4n) is 3.93. The Balaban J connectivity index is 1.56. The molecule has 12 heteroatoms. The van der Waals surface area contributed by atoms with Gasteiger partial charge < -0.3 is 10.1 Å². The quantitative estimate of drug-likeness (QED) is 0.240. The molecule has 0 atom stereocenters. The summed E-state index contributed by atoms with van der Waals surface area (Å²) in [5.41, 5.74) is 2.65. The second kappa shape index (κ2) is 12.2. The first kappa shape index (κ1) is 29.9. The van der Waals surface area contributed by atoms with Crippen LogP contribution in [-0.2, 0) is 24.8 Å². The first-order chi connectivity index (χ1) is 19.4. The Morgan fingerprint density at radius 2 is 1.46 bits per heavy atom. The monoisotopic (exact) mass is 613 g/mol. The van der Waals surface area contributed by atoms with Gasteiger partial charge in [-0.15, -0.1) is 0 Å². The third-order valence-corrected chi connectivity index (χ3v) is 9.52. The Kier molecular flexibility index (Phi) is 8.91. The zero-order valence-corrected chi connectivity index (χ0v) is 24.8. The van der Waals surface area contributed by atoms with Crippen LogP contribution in [0.3, 0.4) is 0 Å². The molecule has 2 N–H and O–H groups in total. The van der Waals surface area contributed by atoms with Crippen LogP contribution in [0, 0.1) is 13.8 Å². The van der Waals surface area contributed by atoms with Gasteiger partial charge in [-0.3, -0.25) is 13.8 Å². The van der Waals surface area contributed by atoms with Gasteiger partial charge in [-0.25, -0.2) is 16.8 Å². The van der Waals surface area contributed by atoms with Crippen LogP contribution in [0.4, 0.5) is 17.1 Å². The van der Waals surface area contributed by atoms with Crippen molar-refractivity contribution in [1.82, 2.24) is 0 Å². The van der Waals surface area contributed by atoms with Gasteiger partial charge in [0.1, 0.15) is 12.3 Å². The van der Waals surface area contributed by atoms with Gasteiger partial charge in [0.15, 0.2) is 0 Å². The van der Waals surface area contributed by atoms with Crippen LogP contribution in [0.1, 0.15) is 11.1 Å². The minimum absolute atomic E-state index is 0.00138. The number of benzene rings is 4. The van der Waals surface area contributed by atoms with Crippen LogP contribution in [0.2, 0.25) is 5.02 Å². The smallest absolute Gasteiger partial charge is 0.264 e. The van der Waals surface area contributed by atoms with Gasteiger partial charge in [-0.2, -0.15) is 0 Å². The maximum Gasteiger partial charge on any atom is 0.264 e. The van der Waals surface area contributed by atoms with E-state index in [1.54, 1.807) is 30.3 Å². The third kappa shape index (κ3) is 7.18. The second-order valence-corrected chi connectivity index (χ2v) is 13.1. The molecule has 214 valence electrons. The standard InChI is InChI=1S/C29H28ClN3O6S2/c1-20-7-12-26(13-8-20)41(37,38)33(24-11-16-28(39-3)27(30)18-24)19-29(34)31-22-9-14-25(15-10-22)40(35,36)32-23-6-4-5-21(2)17-23/h4-18,32H,19H2,1-3H3,(H,31,34). The van der Waals surface area contributed by atoms with Crippen LogP contribution in [0.5, 0.6) is 5.75 Å². The third-order valence-electron chi connectivity index (χ3n) is 6.04. The number of hydrogen-bond donors (Lipinski definition) is 2. The van der Waals surface area contributed by atoms with E-state index in [9.17, 15) is 21.6 Å². The Bertz CT molecular complexity index is 1780. The number of halogens is 1. The molecule has 0 aliphatic rings. The molecular formula is C29H28ClN3O6S2. The average Bonchev–Trinajstić information content (AvgIpc) is 2.92. The lowest BCUT2D eigenvalue weighted by molar-refractivity contribution is -0.114. The van der Waals surface area contributed by atoms with Gasteiger partial charge in [-0.05, 0) is 86.1 Å². The highest BCUT2D eigenvalue weighted by atomic mass is 35.5. The number of anilines is 3. The fourth-order valence-corrected chi connectivity index (χ4v) is 6.65. The van der Waals surface area contributed by atoms with Gasteiger partial charge in [0.2, 0.25) is 5.91 Å². The number of nitrogens with zero attached hydrogens (tertiary/aromatic N) is 1. The number of ether oxygens (including phenoxy) is 1. The lowest BCUT2D eigenvalue weighted by atomic mass is 10.2. The molecular weight excluding hydrogens is 586 g/mol. The predicted octanol–water partition coefficient (Wildman–Crippen LogP) is 5.60. The summed E-state index contributed by atoms with van der Waals surface area (Å²) < 4.78 is 61.5. The molecule has 0 fully saturated rings. The highest BCUT2D eigenvalue weighted by Gasteiger charge is 2.28. The summed E-state index contributed by atoms with van der Waals surface area (Å²) in [5.74, 6) is -0.305. The molecule has 4 aromatic carbocycles. The lowest BCUT2D eigenvalue weighted by Gasteiger charge is -2.24. The van der Waals surface area contributed by atoms with E-state index in [0.717, 1.165) is 15.4 Å². The van der Waals surface area contributed by atoms with Crippen molar-refractivity contribution in [3.05, 3.63) is 107 Å². The molecule has 0 saturated heterocycles. The van der Waals surface area contributed by atoms with Crippen molar-refractivity contribution in [2.45, 2.75) is 23.6 Å². The van der Waals surface area contributed by atoms with E-state index in [1.807, 2.05) is 19.9 Å². The molecule has 0 bridgehead atoms. The molecule has 41 heavy (non-hydrogen) atoms. The van der Waals surface area contributed by atoms with Crippen molar-refractivity contribution in [1.29, 1.82) is 0 Å².